The van der Waals surface area contributed by atoms with Crippen LogP contribution < -0.4 is 9.88 Å². The molecule has 2 N–H and O–H groups in total. The fourth-order valence-corrected chi connectivity index (χ4v) is 3.34. The maximum absolute atomic E-state index is 12.3. The smallest absolute Gasteiger partial charge is 0.338 e. The number of para-hydroxylation sites is 1. The first-order valence-corrected chi connectivity index (χ1v) is 9.84. The molecule has 2 aromatic carbocycles. The molecule has 0 aliphatic rings. The number of benzene rings is 2. The van der Waals surface area contributed by atoms with Crippen molar-refractivity contribution in [2.45, 2.75) is 18.4 Å². The molecule has 28 heavy (non-hydrogen) atoms. The summed E-state index contributed by atoms with van der Waals surface area (Å²) in [6.45, 7) is 1.36. The molecule has 0 saturated heterocycles. The van der Waals surface area contributed by atoms with Gasteiger partial charge < -0.3 is 14.4 Å². The molecule has 0 fully saturated rings. The zero-order chi connectivity index (χ0) is 20.9. The van der Waals surface area contributed by atoms with E-state index < -0.39 is 28.5 Å². The summed E-state index contributed by atoms with van der Waals surface area (Å²) < 4.78 is 33.4. The molecule has 0 radical (unpaired) electrons. The summed E-state index contributed by atoms with van der Waals surface area (Å²) in [6, 6.07) is 11.3. The van der Waals surface area contributed by atoms with Crippen molar-refractivity contribution < 1.29 is 27.5 Å². The van der Waals surface area contributed by atoms with E-state index in [0.717, 1.165) is 11.6 Å². The highest BCUT2D eigenvalue weighted by Gasteiger charge is 2.18. The summed E-state index contributed by atoms with van der Waals surface area (Å²) in [4.78, 5) is 25.7. The molecule has 0 heterocycles. The van der Waals surface area contributed by atoms with Gasteiger partial charge in [-0.3, -0.25) is 4.79 Å². The van der Waals surface area contributed by atoms with Gasteiger partial charge >= 0.3 is 5.97 Å². The molecule has 0 aromatic heterocycles. The number of sulfonamides is 1. The number of hydrogen-bond donors (Lipinski definition) is 1. The summed E-state index contributed by atoms with van der Waals surface area (Å²) in [5.74, 6) is -0.587. The largest absolute Gasteiger partial charge is 0.496 e. The predicted molar refractivity (Wildman–Crippen MR) is 102 cm³/mol. The number of carbonyl (C=O) groups is 2. The van der Waals surface area contributed by atoms with Crippen LogP contribution in [0, 0.1) is 6.92 Å². The molecule has 1 amide bonds. The van der Waals surface area contributed by atoms with Crippen LogP contribution in [0.5, 0.6) is 5.75 Å². The molecule has 0 atom stereocenters. The maximum Gasteiger partial charge on any atom is 0.338 e. The zero-order valence-corrected chi connectivity index (χ0v) is 16.7. The van der Waals surface area contributed by atoms with Gasteiger partial charge in [0.1, 0.15) is 5.75 Å². The summed E-state index contributed by atoms with van der Waals surface area (Å²) in [5.41, 5.74) is 1.21. The average molecular weight is 406 g/mol. The van der Waals surface area contributed by atoms with Crippen molar-refractivity contribution in [2.75, 3.05) is 20.8 Å². The van der Waals surface area contributed by atoms with Gasteiger partial charge in [0, 0.05) is 19.2 Å². The van der Waals surface area contributed by atoms with E-state index in [9.17, 15) is 18.0 Å². The fourth-order valence-electron chi connectivity index (χ4n) is 2.53. The Hall–Kier alpha value is -2.91. The van der Waals surface area contributed by atoms with Crippen LogP contribution in [0.1, 0.15) is 21.5 Å². The number of hydrogen-bond acceptors (Lipinski definition) is 6. The van der Waals surface area contributed by atoms with Crippen LogP contribution in [-0.4, -0.2) is 46.0 Å². The van der Waals surface area contributed by atoms with Gasteiger partial charge in [-0.05, 0) is 30.7 Å². The number of aryl methyl sites for hydroxylation is 1. The Labute approximate surface area is 163 Å². The minimum absolute atomic E-state index is 0.00481. The number of likely N-dealkylation sites (N-methyl/N-ethyl adjacent to an activating group) is 1. The number of rotatable bonds is 7. The third-order valence-corrected chi connectivity index (χ3v) is 5.14. The zero-order valence-electron chi connectivity index (χ0n) is 15.8. The van der Waals surface area contributed by atoms with Gasteiger partial charge in [0.25, 0.3) is 5.91 Å². The van der Waals surface area contributed by atoms with Gasteiger partial charge in [-0.1, -0.05) is 24.3 Å². The Morgan fingerprint density at radius 1 is 1.14 bits per heavy atom. The van der Waals surface area contributed by atoms with Crippen molar-refractivity contribution in [3.63, 3.8) is 0 Å². The lowest BCUT2D eigenvalue weighted by Crippen LogP contribution is -2.31. The van der Waals surface area contributed by atoms with Crippen LogP contribution in [-0.2, 0) is 26.1 Å². The number of nitrogens with two attached hydrogens (primary N) is 1. The monoisotopic (exact) mass is 406 g/mol. The van der Waals surface area contributed by atoms with E-state index in [-0.39, 0.29) is 17.0 Å². The van der Waals surface area contributed by atoms with Crippen molar-refractivity contribution in [1.82, 2.24) is 4.90 Å². The van der Waals surface area contributed by atoms with Gasteiger partial charge in [0.05, 0.1) is 17.6 Å². The molecule has 2 aromatic rings. The van der Waals surface area contributed by atoms with E-state index >= 15 is 0 Å². The number of ether oxygens (including phenoxy) is 2. The Balaban J connectivity index is 2.01. The van der Waals surface area contributed by atoms with E-state index in [1.54, 1.807) is 27.1 Å². The standard InChI is InChI=1S/C19H22N2O6S/c1-13-8-9-14(10-17(13)28(20,24)25)19(23)27-12-18(22)21(2)11-15-6-4-5-7-16(15)26-3/h4-10H,11-12H2,1-3H3,(H2,20,24,25). The van der Waals surface area contributed by atoms with E-state index in [1.807, 2.05) is 18.2 Å². The van der Waals surface area contributed by atoms with Gasteiger partial charge in [-0.2, -0.15) is 0 Å². The number of nitrogens with zero attached hydrogens (tertiary/aromatic N) is 1. The maximum atomic E-state index is 12.3. The minimum atomic E-state index is -3.97. The Bertz CT molecular complexity index is 988. The normalized spacial score (nSPS) is 11.0. The number of primary sulfonamides is 1. The van der Waals surface area contributed by atoms with E-state index in [0.29, 0.717) is 11.3 Å². The third kappa shape index (κ3) is 5.30. The van der Waals surface area contributed by atoms with Crippen LogP contribution in [0.2, 0.25) is 0 Å². The second kappa shape index (κ2) is 8.85. The molecule has 0 bridgehead atoms. The Morgan fingerprint density at radius 2 is 1.82 bits per heavy atom. The molecule has 0 saturated carbocycles. The van der Waals surface area contributed by atoms with Gasteiger partial charge in [0.15, 0.2) is 6.61 Å². The first kappa shape index (κ1) is 21.4. The highest BCUT2D eigenvalue weighted by molar-refractivity contribution is 7.89. The van der Waals surface area contributed by atoms with E-state index in [4.69, 9.17) is 14.6 Å². The summed E-state index contributed by atoms with van der Waals surface area (Å²) in [6.07, 6.45) is 0. The minimum Gasteiger partial charge on any atom is -0.496 e. The number of amides is 1. The Morgan fingerprint density at radius 3 is 2.46 bits per heavy atom. The molecule has 150 valence electrons. The van der Waals surface area contributed by atoms with Gasteiger partial charge in [-0.25, -0.2) is 18.4 Å². The lowest BCUT2D eigenvalue weighted by molar-refractivity contribution is -0.133. The van der Waals surface area contributed by atoms with Crippen LogP contribution >= 0.6 is 0 Å². The summed E-state index contributed by atoms with van der Waals surface area (Å²) in [5, 5.41) is 5.13. The second-order valence-corrected chi connectivity index (χ2v) is 7.69. The third-order valence-electron chi connectivity index (χ3n) is 4.08. The van der Waals surface area contributed by atoms with Crippen molar-refractivity contribution in [2.24, 2.45) is 5.14 Å². The van der Waals surface area contributed by atoms with Crippen molar-refractivity contribution >= 4 is 21.9 Å². The molecule has 0 aliphatic carbocycles. The van der Waals surface area contributed by atoms with Gasteiger partial charge in [-0.15, -0.1) is 0 Å². The molecular formula is C19H22N2O6S. The number of esters is 1. The van der Waals surface area contributed by atoms with E-state index in [1.165, 1.54) is 17.0 Å². The van der Waals surface area contributed by atoms with Crippen LogP contribution in [0.3, 0.4) is 0 Å². The molecule has 2 rings (SSSR count). The number of methoxy groups -OCH3 is 1. The lowest BCUT2D eigenvalue weighted by atomic mass is 10.1. The molecule has 8 nitrogen and oxygen atoms in total. The van der Waals surface area contributed by atoms with Crippen LogP contribution in [0.15, 0.2) is 47.4 Å². The topological polar surface area (TPSA) is 116 Å². The Kier molecular flexibility index (Phi) is 6.76. The highest BCUT2D eigenvalue weighted by Crippen LogP contribution is 2.19. The molecule has 9 heteroatoms. The average Bonchev–Trinajstić information content (AvgIpc) is 2.65. The predicted octanol–water partition coefficient (Wildman–Crippen LogP) is 1.47. The molecule has 0 spiro atoms. The number of carbonyl (C=O) groups excluding carboxylic acids is 2. The van der Waals surface area contributed by atoms with Crippen molar-refractivity contribution in [3.8, 4) is 5.75 Å². The quantitative estimate of drug-likeness (QED) is 0.696. The van der Waals surface area contributed by atoms with Crippen molar-refractivity contribution in [1.29, 1.82) is 0 Å². The molecule has 0 aliphatic heterocycles. The molecule has 0 unspecified atom stereocenters. The SMILES string of the molecule is COc1ccccc1CN(C)C(=O)COC(=O)c1ccc(C)c(S(N)(=O)=O)c1. The van der Waals surface area contributed by atoms with Gasteiger partial charge in [0.2, 0.25) is 10.0 Å². The lowest BCUT2D eigenvalue weighted by Gasteiger charge is -2.18. The molecular weight excluding hydrogens is 384 g/mol. The summed E-state index contributed by atoms with van der Waals surface area (Å²) in [7, 11) is -0.852. The first-order valence-electron chi connectivity index (χ1n) is 8.30. The summed E-state index contributed by atoms with van der Waals surface area (Å²) >= 11 is 0. The first-order chi connectivity index (χ1) is 13.1. The highest BCUT2D eigenvalue weighted by atomic mass is 32.2. The van der Waals surface area contributed by atoms with Crippen LogP contribution in [0.4, 0.5) is 0 Å². The fraction of sp³-hybridized carbons (Fsp3) is 0.263. The van der Waals surface area contributed by atoms with E-state index in [2.05, 4.69) is 0 Å². The second-order valence-electron chi connectivity index (χ2n) is 6.16. The van der Waals surface area contributed by atoms with Crippen LogP contribution in [0.25, 0.3) is 0 Å². The van der Waals surface area contributed by atoms with Crippen molar-refractivity contribution in [3.05, 3.63) is 59.2 Å².